The molecule has 3 aliphatic heterocycles. The van der Waals surface area contributed by atoms with Gasteiger partial charge < -0.3 is 39.0 Å². The molecule has 7 heterocycles. The molecule has 4 radical (unpaired) electrons. The first kappa shape index (κ1) is 29.6. The number of halogens is 2. The molecule has 2 unspecified atom stereocenters. The molecule has 44 heavy (non-hydrogen) atoms. The number of ether oxygens (including phenoxy) is 2. The van der Waals surface area contributed by atoms with Crippen molar-refractivity contribution < 1.29 is 45.5 Å². The van der Waals surface area contributed by atoms with Gasteiger partial charge in [-0.2, -0.15) is 0 Å². The average Bonchev–Trinajstić information content (AvgIpc) is 3.73. The highest BCUT2D eigenvalue weighted by molar-refractivity contribution is 7.79. The van der Waals surface area contributed by atoms with Crippen molar-refractivity contribution in [1.82, 2.24) is 39.0 Å². The van der Waals surface area contributed by atoms with E-state index in [-0.39, 0.29) is 34.0 Å². The number of nitrogen functional groups attached to an aromatic ring is 2. The molecule has 18 nitrogen and oxygen atoms in total. The Labute approximate surface area is 247 Å². The predicted octanol–water partition coefficient (Wildman–Crippen LogP) is 0.672. The molecule has 228 valence electrons. The highest BCUT2D eigenvalue weighted by atomic mass is 31.2. The van der Waals surface area contributed by atoms with Crippen LogP contribution in [0.5, 0.6) is 0 Å². The third kappa shape index (κ3) is 5.08. The molecule has 3 fully saturated rings. The van der Waals surface area contributed by atoms with Gasteiger partial charge in [0.1, 0.15) is 48.1 Å². The summed E-state index contributed by atoms with van der Waals surface area (Å²) < 4.78 is 93.7. The van der Waals surface area contributed by atoms with E-state index in [4.69, 9.17) is 54.2 Å². The normalized spacial score (nSPS) is 38.2. The molecule has 4 aromatic rings. The number of hydrogen-bond acceptors (Lipinski definition) is 16. The number of anilines is 2. The van der Waals surface area contributed by atoms with E-state index >= 15 is 8.78 Å². The maximum absolute atomic E-state index is 15.9. The third-order valence-corrected chi connectivity index (χ3v) is 9.32. The Bertz CT molecular complexity index is 1710. The molecule has 10 atom stereocenters. The van der Waals surface area contributed by atoms with Crippen molar-refractivity contribution in [3.05, 3.63) is 25.3 Å². The number of alkyl halides is 2. The van der Waals surface area contributed by atoms with E-state index in [0.29, 0.717) is 0 Å². The van der Waals surface area contributed by atoms with Crippen molar-refractivity contribution in [2.45, 2.75) is 49.2 Å². The van der Waals surface area contributed by atoms with Gasteiger partial charge >= 0.3 is 0 Å². The number of rotatable bonds is 2. The summed E-state index contributed by atoms with van der Waals surface area (Å²) in [5.41, 5.74) is 12.2. The van der Waals surface area contributed by atoms with Crippen LogP contribution in [-0.2, 0) is 36.7 Å². The molecule has 4 N–H and O–H groups in total. The van der Waals surface area contributed by atoms with Gasteiger partial charge in [0.05, 0.1) is 25.9 Å². The number of nitrogens with two attached hydrogens (primary N) is 2. The second kappa shape index (κ2) is 10.8. The number of aromatic nitrogens is 8. The van der Waals surface area contributed by atoms with Gasteiger partial charge in [0.2, 0.25) is 15.1 Å². The molecular formula is C20H20B2F2N10O8P2. The largest absolute Gasteiger partial charge is 0.382 e. The van der Waals surface area contributed by atoms with Crippen LogP contribution in [0.4, 0.5) is 20.4 Å². The highest BCUT2D eigenvalue weighted by Crippen LogP contribution is 2.54. The molecule has 0 aliphatic carbocycles. The number of hydrogen-bond donors (Lipinski definition) is 2. The number of nitrogens with zero attached hydrogens (tertiary/aromatic N) is 8. The topological polar surface area (TPSA) is 229 Å². The van der Waals surface area contributed by atoms with Gasteiger partial charge in [-0.1, -0.05) is 0 Å². The summed E-state index contributed by atoms with van der Waals surface area (Å²) in [5.74, 6) is 0.0724. The zero-order valence-corrected chi connectivity index (χ0v) is 23.9. The summed E-state index contributed by atoms with van der Waals surface area (Å²) in [6, 6.07) is 0. The minimum Gasteiger partial charge on any atom is -0.382 e. The van der Waals surface area contributed by atoms with Crippen LogP contribution in [0.25, 0.3) is 22.3 Å². The van der Waals surface area contributed by atoms with E-state index in [1.54, 1.807) is 0 Å². The van der Waals surface area contributed by atoms with Crippen molar-refractivity contribution in [3.63, 3.8) is 0 Å². The first-order chi connectivity index (χ1) is 20.9. The summed E-state index contributed by atoms with van der Waals surface area (Å²) in [4.78, 5) is 23.9. The Morgan fingerprint density at radius 2 is 1.14 bits per heavy atom. The van der Waals surface area contributed by atoms with Crippen LogP contribution in [0.2, 0.25) is 0 Å². The lowest BCUT2D eigenvalue weighted by atomic mass is 10.1. The summed E-state index contributed by atoms with van der Waals surface area (Å²) in [7, 11) is 2.45. The van der Waals surface area contributed by atoms with Crippen LogP contribution in [-0.4, -0.2) is 104 Å². The quantitative estimate of drug-likeness (QED) is 0.224. The first-order valence-corrected chi connectivity index (χ1v) is 16.0. The molecule has 24 heteroatoms. The van der Waals surface area contributed by atoms with Crippen LogP contribution >= 0.6 is 14.9 Å². The fraction of sp³-hybridized carbons (Fsp3) is 0.500. The fourth-order valence-electron chi connectivity index (χ4n) is 5.22. The van der Waals surface area contributed by atoms with E-state index in [9.17, 15) is 9.13 Å². The summed E-state index contributed by atoms with van der Waals surface area (Å²) in [5, 5.41) is 0. The first-order valence-electron chi connectivity index (χ1n) is 12.8. The van der Waals surface area contributed by atoms with Crippen LogP contribution < -0.4 is 11.5 Å². The van der Waals surface area contributed by atoms with Crippen LogP contribution in [0.1, 0.15) is 12.5 Å². The fourth-order valence-corrected chi connectivity index (χ4v) is 7.24. The summed E-state index contributed by atoms with van der Waals surface area (Å²) in [6.07, 6.45) is -8.62. The van der Waals surface area contributed by atoms with Crippen LogP contribution in [0, 0.1) is 0 Å². The van der Waals surface area contributed by atoms with Gasteiger partial charge in [-0.3, -0.25) is 18.3 Å². The lowest BCUT2D eigenvalue weighted by molar-refractivity contribution is -0.0548. The molecule has 0 bridgehead atoms. The van der Waals surface area contributed by atoms with Crippen molar-refractivity contribution >= 4 is 64.0 Å². The van der Waals surface area contributed by atoms with Crippen molar-refractivity contribution in [1.29, 1.82) is 0 Å². The number of imidazole rings is 2. The SMILES string of the molecule is [B][P@]1(=O)OC[C@H]2O[C@@H](n3cnc4c(N)ncnc43)C(F)[C@H]2O[P@]([B])(=O)OC[C@H]2O[C@@H](n3cnc4c(N)ncnc43)[C@@H](F)C2O1. The monoisotopic (exact) mass is 650 g/mol. The molecule has 4 aromatic heterocycles. The molecule has 0 spiro atoms. The Morgan fingerprint density at radius 1 is 0.727 bits per heavy atom. The minimum atomic E-state index is -4.59. The van der Waals surface area contributed by atoms with E-state index in [2.05, 4.69) is 29.9 Å². The van der Waals surface area contributed by atoms with Gasteiger partial charge in [-0.25, -0.2) is 38.7 Å². The van der Waals surface area contributed by atoms with Crippen LogP contribution in [0.3, 0.4) is 0 Å². The maximum atomic E-state index is 15.9. The highest BCUT2D eigenvalue weighted by Gasteiger charge is 2.53. The molecular weight excluding hydrogens is 630 g/mol. The van der Waals surface area contributed by atoms with E-state index in [1.807, 2.05) is 0 Å². The molecule has 3 saturated heterocycles. The third-order valence-electron chi connectivity index (χ3n) is 7.23. The Morgan fingerprint density at radius 3 is 1.55 bits per heavy atom. The Balaban J connectivity index is 1.17. The van der Waals surface area contributed by atoms with Crippen molar-refractivity contribution in [2.24, 2.45) is 0 Å². The van der Waals surface area contributed by atoms with Gasteiger partial charge in [0.25, 0.3) is 14.9 Å². The van der Waals surface area contributed by atoms with Gasteiger partial charge in [0.15, 0.2) is 47.7 Å². The second-order valence-corrected chi connectivity index (χ2v) is 13.1. The molecule has 0 aromatic carbocycles. The summed E-state index contributed by atoms with van der Waals surface area (Å²) in [6.45, 7) is -1.44. The minimum absolute atomic E-state index is 0.0362. The lowest BCUT2D eigenvalue weighted by Gasteiger charge is -2.29. The van der Waals surface area contributed by atoms with E-state index < -0.39 is 77.4 Å². The average molecular weight is 650 g/mol. The number of fused-ring (bicyclic) bond motifs is 4. The maximum Gasteiger partial charge on any atom is 0.264 e. The van der Waals surface area contributed by atoms with Gasteiger partial charge in [-0.15, -0.1) is 0 Å². The zero-order chi connectivity index (χ0) is 31.0. The van der Waals surface area contributed by atoms with Crippen molar-refractivity contribution in [3.8, 4) is 0 Å². The van der Waals surface area contributed by atoms with Gasteiger partial charge in [0, 0.05) is 0 Å². The molecule has 0 amide bonds. The van der Waals surface area contributed by atoms with Crippen molar-refractivity contribution in [2.75, 3.05) is 24.7 Å². The molecule has 7 rings (SSSR count). The predicted molar refractivity (Wildman–Crippen MR) is 145 cm³/mol. The summed E-state index contributed by atoms with van der Waals surface area (Å²) >= 11 is 0. The second-order valence-electron chi connectivity index (χ2n) is 10.00. The van der Waals surface area contributed by atoms with E-state index in [0.717, 1.165) is 12.7 Å². The Kier molecular flexibility index (Phi) is 7.25. The van der Waals surface area contributed by atoms with Crippen LogP contribution in [0.15, 0.2) is 25.3 Å². The standard InChI is InChI=1S/C20H20B2F2N10O8P2/c21-43(35)37-1-7-13(9(23)19(39-7)33-5-31-11-15(25)27-3-29-17(11)33)41-44(22,36)38-2-8-14(42-43)10(24)20(40-8)34-6-32-12-16(26)28-4-30-18(12)34/h3-10,13-14,19-20H,1-2H2,(H2,25,27,29)(H2,26,28,30)/t7-,8-,9+,10?,13?,14+,19-,20-,43-,44+/m1/s1. The molecule has 0 saturated carbocycles. The Hall–Kier alpha value is -3.09. The zero-order valence-electron chi connectivity index (χ0n) is 22.1. The lowest BCUT2D eigenvalue weighted by Crippen LogP contribution is -2.37. The molecule has 3 aliphatic rings. The van der Waals surface area contributed by atoms with Gasteiger partial charge in [-0.05, 0) is 0 Å². The van der Waals surface area contributed by atoms with E-state index in [1.165, 1.54) is 21.8 Å². The smallest absolute Gasteiger partial charge is 0.264 e.